The van der Waals surface area contributed by atoms with Gasteiger partial charge in [0.25, 0.3) is 0 Å². The maximum atomic E-state index is 14.1. The molecule has 6 rings (SSSR count). The lowest BCUT2D eigenvalue weighted by molar-refractivity contribution is 0.0925. The number of nitrogens with zero attached hydrogens (tertiary/aromatic N) is 6. The summed E-state index contributed by atoms with van der Waals surface area (Å²) in [5.74, 6) is 0.0713. The van der Waals surface area contributed by atoms with E-state index in [9.17, 15) is 18.3 Å². The fourth-order valence-electron chi connectivity index (χ4n) is 7.41. The van der Waals surface area contributed by atoms with Crippen LogP contribution < -0.4 is 4.90 Å². The number of ether oxygens (including phenoxy) is 2. The first-order valence-electron chi connectivity index (χ1n) is 18.6. The molecule has 15 heteroatoms. The molecule has 0 radical (unpaired) electrons. The molecule has 2 atom stereocenters. The maximum absolute atomic E-state index is 14.1. The van der Waals surface area contributed by atoms with E-state index in [1.54, 1.807) is 21.8 Å². The van der Waals surface area contributed by atoms with Gasteiger partial charge in [0, 0.05) is 76.5 Å². The molecule has 2 aliphatic rings. The van der Waals surface area contributed by atoms with Crippen molar-refractivity contribution in [2.45, 2.75) is 100.0 Å². The van der Waals surface area contributed by atoms with Crippen LogP contribution in [0.4, 0.5) is 10.6 Å². The smallest absolute Gasteiger partial charge is 0.407 e. The number of amides is 1. The summed E-state index contributed by atoms with van der Waals surface area (Å²) in [5, 5.41) is 14.8. The van der Waals surface area contributed by atoms with Crippen molar-refractivity contribution >= 4 is 43.5 Å². The van der Waals surface area contributed by atoms with Crippen LogP contribution in [-0.4, -0.2) is 105 Å². The minimum atomic E-state index is -3.90. The van der Waals surface area contributed by atoms with Crippen LogP contribution in [0.5, 0.6) is 0 Å². The van der Waals surface area contributed by atoms with Gasteiger partial charge < -0.3 is 24.4 Å². The highest BCUT2D eigenvalue weighted by atomic mass is 32.2. The fourth-order valence-corrected chi connectivity index (χ4v) is 10.1. The molecule has 1 amide bonds. The number of carbonyl (C=O) groups is 1. The second kappa shape index (κ2) is 15.6. The molecule has 2 bridgehead atoms. The summed E-state index contributed by atoms with van der Waals surface area (Å²) in [6.45, 7) is 15.0. The molecule has 2 aliphatic heterocycles. The molecule has 2 unspecified atom stereocenters. The van der Waals surface area contributed by atoms with Crippen molar-refractivity contribution in [2.24, 2.45) is 0 Å². The summed E-state index contributed by atoms with van der Waals surface area (Å²) < 4.78 is 42.4. The monoisotopic (exact) mass is 778 g/mol. The molecule has 3 aromatic heterocycles. The second-order valence-corrected chi connectivity index (χ2v) is 30.2. The van der Waals surface area contributed by atoms with Gasteiger partial charge in [-0.15, -0.1) is 0 Å². The van der Waals surface area contributed by atoms with Gasteiger partial charge in [-0.05, 0) is 43.8 Å². The van der Waals surface area contributed by atoms with Crippen LogP contribution in [0.15, 0.2) is 59.8 Å². The third-order valence-electron chi connectivity index (χ3n) is 10.2. The van der Waals surface area contributed by atoms with Crippen molar-refractivity contribution in [3.05, 3.63) is 60.6 Å². The zero-order chi connectivity index (χ0) is 38.1. The first-order chi connectivity index (χ1) is 25.0. The average molecular weight is 779 g/mol. The lowest BCUT2D eigenvalue weighted by Gasteiger charge is -2.38. The highest BCUT2D eigenvalue weighted by Gasteiger charge is 2.46. The molecular weight excluding hydrogens is 725 g/mol. The molecule has 1 aromatic carbocycles. The Bertz CT molecular complexity index is 1980. The van der Waals surface area contributed by atoms with E-state index in [0.29, 0.717) is 48.8 Å². The van der Waals surface area contributed by atoms with E-state index < -0.39 is 32.1 Å². The highest BCUT2D eigenvalue weighted by Crippen LogP contribution is 2.46. The van der Waals surface area contributed by atoms with E-state index in [1.807, 2.05) is 47.4 Å². The summed E-state index contributed by atoms with van der Waals surface area (Å²) in [6, 6.07) is 15.4. The van der Waals surface area contributed by atoms with Gasteiger partial charge in [0.05, 0.1) is 17.6 Å². The van der Waals surface area contributed by atoms with Crippen LogP contribution in [-0.2, 0) is 19.3 Å². The average Bonchev–Trinajstić information content (AvgIpc) is 3.63. The van der Waals surface area contributed by atoms with E-state index in [0.717, 1.165) is 41.8 Å². The Labute approximate surface area is 315 Å². The number of sulfone groups is 1. The van der Waals surface area contributed by atoms with Gasteiger partial charge in [0.2, 0.25) is 0 Å². The molecule has 0 aliphatic carbocycles. The Morgan fingerprint density at radius 1 is 0.887 bits per heavy atom. The molecule has 286 valence electrons. The van der Waals surface area contributed by atoms with E-state index in [1.165, 1.54) is 6.26 Å². The van der Waals surface area contributed by atoms with Gasteiger partial charge in [-0.3, -0.25) is 4.98 Å². The van der Waals surface area contributed by atoms with Crippen molar-refractivity contribution in [3.8, 4) is 22.4 Å². The van der Waals surface area contributed by atoms with Gasteiger partial charge in [-0.2, -0.15) is 9.61 Å². The van der Waals surface area contributed by atoms with Crippen LogP contribution >= 0.6 is 0 Å². The van der Waals surface area contributed by atoms with Crippen LogP contribution in [0, 0.1) is 0 Å². The first-order valence-corrected chi connectivity index (χ1v) is 27.9. The Morgan fingerprint density at radius 2 is 1.49 bits per heavy atom. The molecule has 2 fully saturated rings. The molecule has 53 heavy (non-hydrogen) atoms. The minimum Gasteiger partial charge on any atom is -0.465 e. The SMILES string of the molecule is C[Si](C)(C)CCOCN(COCC[Si](C)(C)C)c1c(S(C)(=O)=O)c(C2CC3CCC(C2)N3C(=O)O)nc2c(-c3ccc(-c4ccccc4)nc3)cnn12. The number of hydrogen-bond donors (Lipinski definition) is 1. The lowest BCUT2D eigenvalue weighted by Crippen LogP contribution is -2.45. The third kappa shape index (κ3) is 9.19. The molecule has 12 nitrogen and oxygen atoms in total. The van der Waals surface area contributed by atoms with Crippen molar-refractivity contribution in [3.63, 3.8) is 0 Å². The highest BCUT2D eigenvalue weighted by molar-refractivity contribution is 7.91. The van der Waals surface area contributed by atoms with Crippen LogP contribution in [0.1, 0.15) is 37.3 Å². The molecule has 4 aromatic rings. The predicted octanol–water partition coefficient (Wildman–Crippen LogP) is 7.68. The standard InChI is InChI=1S/C38H54N6O6SSi2/c1-51(47,48)35-34(29-21-30-14-15-31(22-29)43(30)38(45)46)41-36-32(28-13-16-33(39-23-28)27-11-9-8-10-12-27)24-40-44(36)37(35)42(25-49-17-19-52(2,3)4)26-50-18-20-53(5,6)7/h8-13,16,23-24,29-31H,14-15,17-22,25-26H2,1-7H3,(H,45,46). The maximum Gasteiger partial charge on any atom is 0.407 e. The first kappa shape index (κ1) is 39.1. The van der Waals surface area contributed by atoms with Crippen molar-refractivity contribution in [1.82, 2.24) is 24.5 Å². The molecule has 0 spiro atoms. The van der Waals surface area contributed by atoms with Crippen molar-refractivity contribution < 1.29 is 27.8 Å². The zero-order valence-electron chi connectivity index (χ0n) is 32.1. The lowest BCUT2D eigenvalue weighted by atomic mass is 9.88. The normalized spacial score (nSPS) is 19.2. The fraction of sp³-hybridized carbons (Fsp3) is 0.526. The summed E-state index contributed by atoms with van der Waals surface area (Å²) in [5.41, 5.74) is 4.28. The van der Waals surface area contributed by atoms with Crippen molar-refractivity contribution in [1.29, 1.82) is 0 Å². The molecular formula is C38H54N6O6SSi2. The largest absolute Gasteiger partial charge is 0.465 e. The molecule has 1 N–H and O–H groups in total. The predicted molar refractivity (Wildman–Crippen MR) is 214 cm³/mol. The Morgan fingerprint density at radius 3 is 2.00 bits per heavy atom. The number of fused-ring (bicyclic) bond motifs is 3. The third-order valence-corrected chi connectivity index (χ3v) is 14.8. The number of carboxylic acid groups (broad SMARTS) is 1. The summed E-state index contributed by atoms with van der Waals surface area (Å²) in [4.78, 5) is 25.7. The van der Waals surface area contributed by atoms with E-state index in [2.05, 4.69) is 39.3 Å². The zero-order valence-corrected chi connectivity index (χ0v) is 34.9. The van der Waals surface area contributed by atoms with Crippen molar-refractivity contribution in [2.75, 3.05) is 37.8 Å². The summed E-state index contributed by atoms with van der Waals surface area (Å²) in [6.07, 6.45) is 6.28. The van der Waals surface area contributed by atoms with Gasteiger partial charge in [-0.25, -0.2) is 18.2 Å². The second-order valence-electron chi connectivity index (χ2n) is 17.0. The van der Waals surface area contributed by atoms with E-state index in [4.69, 9.17) is 24.5 Å². The van der Waals surface area contributed by atoms with Gasteiger partial charge in [-0.1, -0.05) is 75.7 Å². The summed E-state index contributed by atoms with van der Waals surface area (Å²) in [7, 11) is -6.70. The Kier molecular flexibility index (Phi) is 11.5. The minimum absolute atomic E-state index is 0.0907. The number of aromatic nitrogens is 4. The Hall–Kier alpha value is -3.64. The van der Waals surface area contributed by atoms with Crippen LogP contribution in [0.3, 0.4) is 0 Å². The topological polar surface area (TPSA) is 139 Å². The molecule has 5 heterocycles. The van der Waals surface area contributed by atoms with Gasteiger partial charge in [0.1, 0.15) is 18.4 Å². The number of rotatable bonds is 15. The number of benzene rings is 1. The number of anilines is 1. The van der Waals surface area contributed by atoms with Gasteiger partial charge in [0.15, 0.2) is 21.3 Å². The van der Waals surface area contributed by atoms with E-state index >= 15 is 0 Å². The van der Waals surface area contributed by atoms with Crippen LogP contribution in [0.25, 0.3) is 28.0 Å². The quantitative estimate of drug-likeness (QED) is 0.0726. The number of pyridine rings is 1. The molecule has 0 saturated carbocycles. The van der Waals surface area contributed by atoms with Crippen LogP contribution in [0.2, 0.25) is 51.4 Å². The van der Waals surface area contributed by atoms with Gasteiger partial charge >= 0.3 is 6.09 Å². The Balaban J connectivity index is 1.50. The summed E-state index contributed by atoms with van der Waals surface area (Å²) >= 11 is 0. The number of piperidine rings is 1. The number of hydrogen-bond acceptors (Lipinski definition) is 9. The molecule has 2 saturated heterocycles. The van der Waals surface area contributed by atoms with E-state index in [-0.39, 0.29) is 36.4 Å².